The summed E-state index contributed by atoms with van der Waals surface area (Å²) in [5, 5.41) is 23.8. The largest absolute Gasteiger partial charge is 0.462 e. The smallest absolute Gasteiger partial charge is 0.306 e. The predicted octanol–water partition coefficient (Wildman–Crippen LogP) is 15.7. The number of aliphatic hydroxyl groups is 2. The molecule has 0 spiro atoms. The van der Waals surface area contributed by atoms with Crippen LogP contribution in [0, 0.1) is 0 Å². The van der Waals surface area contributed by atoms with Crippen LogP contribution in [0.3, 0.4) is 0 Å². The number of esters is 1. The first kappa shape index (κ1) is 59.8. The molecule has 0 bridgehead atoms. The highest BCUT2D eigenvalue weighted by atomic mass is 16.5. The van der Waals surface area contributed by atoms with Gasteiger partial charge in [-0.1, -0.05) is 227 Å². The van der Waals surface area contributed by atoms with E-state index in [1.165, 1.54) is 83.5 Å². The molecule has 0 radical (unpaired) electrons. The lowest BCUT2D eigenvalue weighted by Gasteiger charge is -2.24. The maximum atomic E-state index is 13.2. The average Bonchev–Trinajstić information content (AvgIpc) is 3.28. The van der Waals surface area contributed by atoms with Crippen molar-refractivity contribution in [1.29, 1.82) is 0 Å². The van der Waals surface area contributed by atoms with Gasteiger partial charge in [0.05, 0.1) is 25.2 Å². The van der Waals surface area contributed by atoms with Crippen LogP contribution in [-0.4, -0.2) is 46.9 Å². The van der Waals surface area contributed by atoms with Gasteiger partial charge < -0.3 is 20.3 Å². The summed E-state index contributed by atoms with van der Waals surface area (Å²) in [5.74, 6) is -0.585. The normalized spacial score (nSPS) is 14.0. The standard InChI is InChI=1S/C57H97NO5/c1-4-7-10-13-16-19-22-24-26-28-30-32-35-38-41-44-47-50-57(62)63-53(48-45-42-39-36-33-21-18-15-12-9-6-3)51-56(61)58-54(52-59)55(60)49-46-43-40-37-34-31-29-27-25-23-20-17-14-11-8-5-2/h7,9-10,12,15-16,18-19,21,24,26,30,32-33,38,41,53-55,59-60H,4-6,8,11,13-14,17,20,22-23,25,27-29,31,34-37,39-40,42-52H2,1-3H3,(H,58,61)/b10-7-,12-9+,18-15+,19-16-,26-24-,32-30-,33-21-,41-38-. The van der Waals surface area contributed by atoms with Gasteiger partial charge in [0, 0.05) is 6.42 Å². The van der Waals surface area contributed by atoms with Crippen LogP contribution in [0.1, 0.15) is 226 Å². The fourth-order valence-corrected chi connectivity index (χ4v) is 7.35. The number of ether oxygens (including phenoxy) is 1. The fraction of sp³-hybridized carbons (Fsp3) is 0.684. The first-order chi connectivity index (χ1) is 31.0. The quantitative estimate of drug-likeness (QED) is 0.0245. The molecule has 0 aliphatic carbocycles. The molecule has 3 atom stereocenters. The Kier molecular flexibility index (Phi) is 47.2. The summed E-state index contributed by atoms with van der Waals surface area (Å²) >= 11 is 0. The molecule has 0 fully saturated rings. The third-order valence-corrected chi connectivity index (χ3v) is 11.2. The van der Waals surface area contributed by atoms with Gasteiger partial charge in [0.1, 0.15) is 6.10 Å². The van der Waals surface area contributed by atoms with E-state index < -0.39 is 18.2 Å². The molecule has 0 rings (SSSR count). The van der Waals surface area contributed by atoms with Crippen LogP contribution in [0.4, 0.5) is 0 Å². The monoisotopic (exact) mass is 876 g/mol. The van der Waals surface area contributed by atoms with Crippen LogP contribution in [0.2, 0.25) is 0 Å². The van der Waals surface area contributed by atoms with Crippen LogP contribution < -0.4 is 5.32 Å². The Hall–Kier alpha value is -3.22. The van der Waals surface area contributed by atoms with Crippen molar-refractivity contribution < 1.29 is 24.5 Å². The Bertz CT molecular complexity index is 1260. The van der Waals surface area contributed by atoms with E-state index in [2.05, 4.69) is 111 Å². The Morgan fingerprint density at radius 1 is 0.492 bits per heavy atom. The summed E-state index contributed by atoms with van der Waals surface area (Å²) in [7, 11) is 0. The number of hydrogen-bond acceptors (Lipinski definition) is 5. The molecule has 63 heavy (non-hydrogen) atoms. The summed E-state index contributed by atoms with van der Waals surface area (Å²) in [4.78, 5) is 26.1. The maximum Gasteiger partial charge on any atom is 0.306 e. The molecule has 0 saturated carbocycles. The molecular formula is C57H97NO5. The Morgan fingerprint density at radius 3 is 1.46 bits per heavy atom. The Balaban J connectivity index is 4.63. The van der Waals surface area contributed by atoms with Crippen molar-refractivity contribution in [3.63, 3.8) is 0 Å². The molecule has 0 aliphatic heterocycles. The van der Waals surface area contributed by atoms with Crippen molar-refractivity contribution in [3.8, 4) is 0 Å². The summed E-state index contributed by atoms with van der Waals surface area (Å²) < 4.78 is 5.88. The molecule has 1 amide bonds. The molecule has 0 aromatic carbocycles. The van der Waals surface area contributed by atoms with Crippen LogP contribution in [0.25, 0.3) is 0 Å². The van der Waals surface area contributed by atoms with Gasteiger partial charge >= 0.3 is 5.97 Å². The molecule has 0 saturated heterocycles. The number of nitrogens with one attached hydrogen (secondary N) is 1. The van der Waals surface area contributed by atoms with Crippen molar-refractivity contribution in [2.45, 2.75) is 244 Å². The van der Waals surface area contributed by atoms with E-state index in [-0.39, 0.29) is 24.9 Å². The molecule has 360 valence electrons. The van der Waals surface area contributed by atoms with Crippen molar-refractivity contribution >= 4 is 11.9 Å². The molecule has 0 aromatic rings. The highest BCUT2D eigenvalue weighted by Crippen LogP contribution is 2.17. The third-order valence-electron chi connectivity index (χ3n) is 11.2. The molecule has 3 N–H and O–H groups in total. The second kappa shape index (κ2) is 49.8. The second-order valence-electron chi connectivity index (χ2n) is 17.2. The zero-order chi connectivity index (χ0) is 45.9. The Labute approximate surface area is 388 Å². The number of hydrogen-bond donors (Lipinski definition) is 3. The first-order valence-corrected chi connectivity index (χ1v) is 26.0. The number of allylic oxidation sites excluding steroid dienone is 16. The molecule has 3 unspecified atom stereocenters. The van der Waals surface area contributed by atoms with E-state index in [0.717, 1.165) is 89.9 Å². The maximum absolute atomic E-state index is 13.2. The van der Waals surface area contributed by atoms with E-state index in [0.29, 0.717) is 25.7 Å². The molecular weight excluding hydrogens is 779 g/mol. The molecule has 6 nitrogen and oxygen atoms in total. The number of rotatable bonds is 45. The second-order valence-corrected chi connectivity index (χ2v) is 17.2. The van der Waals surface area contributed by atoms with Crippen molar-refractivity contribution in [2.75, 3.05) is 6.61 Å². The number of carbonyl (C=O) groups is 2. The molecule has 0 aliphatic rings. The van der Waals surface area contributed by atoms with E-state index >= 15 is 0 Å². The fourth-order valence-electron chi connectivity index (χ4n) is 7.35. The summed E-state index contributed by atoms with van der Waals surface area (Å²) in [6.07, 6.45) is 66.2. The minimum atomic E-state index is -0.812. The zero-order valence-corrected chi connectivity index (χ0v) is 40.9. The zero-order valence-electron chi connectivity index (χ0n) is 40.9. The minimum absolute atomic E-state index is 0.0265. The van der Waals surface area contributed by atoms with Gasteiger partial charge in [-0.15, -0.1) is 0 Å². The van der Waals surface area contributed by atoms with Crippen molar-refractivity contribution in [3.05, 3.63) is 97.2 Å². The van der Waals surface area contributed by atoms with Crippen LogP contribution in [-0.2, 0) is 14.3 Å². The SMILES string of the molecule is CC/C=C\C/C=C\C/C=C\C/C=C\C/C=C\CCCC(=O)OC(CCCCC\C=C/C=C/C=C/CC)CC(=O)NC(CO)C(O)CCCCCCCCCCCCCCCCCC. The summed E-state index contributed by atoms with van der Waals surface area (Å²) in [6.45, 7) is 6.21. The van der Waals surface area contributed by atoms with Gasteiger partial charge in [-0.25, -0.2) is 0 Å². The number of carbonyl (C=O) groups excluding carboxylic acids is 2. The number of aliphatic hydroxyl groups excluding tert-OH is 2. The van der Waals surface area contributed by atoms with Gasteiger partial charge in [-0.3, -0.25) is 9.59 Å². The highest BCUT2D eigenvalue weighted by molar-refractivity contribution is 5.77. The lowest BCUT2D eigenvalue weighted by atomic mass is 10.0. The highest BCUT2D eigenvalue weighted by Gasteiger charge is 2.24. The summed E-state index contributed by atoms with van der Waals surface area (Å²) in [6, 6.07) is -0.730. The third kappa shape index (κ3) is 45.2. The van der Waals surface area contributed by atoms with Crippen molar-refractivity contribution in [2.24, 2.45) is 0 Å². The van der Waals surface area contributed by atoms with Gasteiger partial charge in [0.2, 0.25) is 5.91 Å². The predicted molar refractivity (Wildman–Crippen MR) is 273 cm³/mol. The average molecular weight is 876 g/mol. The van der Waals surface area contributed by atoms with Crippen LogP contribution >= 0.6 is 0 Å². The molecule has 6 heteroatoms. The first-order valence-electron chi connectivity index (χ1n) is 26.0. The van der Waals surface area contributed by atoms with Gasteiger partial charge in [0.25, 0.3) is 0 Å². The van der Waals surface area contributed by atoms with Gasteiger partial charge in [-0.2, -0.15) is 0 Å². The van der Waals surface area contributed by atoms with Crippen LogP contribution in [0.15, 0.2) is 97.2 Å². The molecule has 0 heterocycles. The topological polar surface area (TPSA) is 95.9 Å². The van der Waals surface area contributed by atoms with E-state index in [1.807, 2.05) is 12.2 Å². The van der Waals surface area contributed by atoms with Gasteiger partial charge in [0.15, 0.2) is 0 Å². The number of amides is 1. The summed E-state index contributed by atoms with van der Waals surface area (Å²) in [5.41, 5.74) is 0. The van der Waals surface area contributed by atoms with Gasteiger partial charge in [-0.05, 0) is 83.5 Å². The molecule has 0 aromatic heterocycles. The lowest BCUT2D eigenvalue weighted by molar-refractivity contribution is -0.151. The Morgan fingerprint density at radius 2 is 0.937 bits per heavy atom. The van der Waals surface area contributed by atoms with E-state index in [4.69, 9.17) is 4.74 Å². The minimum Gasteiger partial charge on any atom is -0.462 e. The lowest BCUT2D eigenvalue weighted by Crippen LogP contribution is -2.46. The van der Waals surface area contributed by atoms with E-state index in [1.54, 1.807) is 0 Å². The van der Waals surface area contributed by atoms with E-state index in [9.17, 15) is 19.8 Å². The number of unbranched alkanes of at least 4 members (excludes halogenated alkanes) is 19. The van der Waals surface area contributed by atoms with Crippen LogP contribution in [0.5, 0.6) is 0 Å². The van der Waals surface area contributed by atoms with Crippen molar-refractivity contribution in [1.82, 2.24) is 5.32 Å².